The number of nitrogens with one attached hydrogen (secondary N) is 1. The van der Waals surface area contributed by atoms with E-state index in [-0.39, 0.29) is 0 Å². The highest BCUT2D eigenvalue weighted by Gasteiger charge is 2.35. The summed E-state index contributed by atoms with van der Waals surface area (Å²) in [6, 6.07) is 0. The van der Waals surface area contributed by atoms with E-state index in [4.69, 9.17) is 5.11 Å². The van der Waals surface area contributed by atoms with Crippen molar-refractivity contribution in [2.75, 3.05) is 19.7 Å². The summed E-state index contributed by atoms with van der Waals surface area (Å²) in [4.78, 5) is 0. The molecule has 0 aromatic carbocycles. The van der Waals surface area contributed by atoms with Gasteiger partial charge in [-0.2, -0.15) is 0 Å². The van der Waals surface area contributed by atoms with Crippen molar-refractivity contribution in [3.8, 4) is 0 Å². The molecule has 82 valence electrons. The Morgan fingerprint density at radius 1 is 1.07 bits per heavy atom. The van der Waals surface area contributed by atoms with Crippen molar-refractivity contribution in [2.45, 2.75) is 44.9 Å². The monoisotopic (exact) mass is 197 g/mol. The predicted molar refractivity (Wildman–Crippen MR) is 58.2 cm³/mol. The molecule has 2 fully saturated rings. The van der Waals surface area contributed by atoms with Gasteiger partial charge in [0.25, 0.3) is 0 Å². The SMILES string of the molecule is OCCC1CCC2(CCNCC2)CC1. The molecule has 0 radical (unpaired) electrons. The van der Waals surface area contributed by atoms with Crippen molar-refractivity contribution in [3.05, 3.63) is 0 Å². The van der Waals surface area contributed by atoms with Crippen molar-refractivity contribution >= 4 is 0 Å². The average Bonchev–Trinajstić information content (AvgIpc) is 2.24. The van der Waals surface area contributed by atoms with Gasteiger partial charge in [-0.25, -0.2) is 0 Å². The quantitative estimate of drug-likeness (QED) is 0.709. The Hall–Kier alpha value is -0.0800. The summed E-state index contributed by atoms with van der Waals surface area (Å²) in [7, 11) is 0. The third-order valence-electron chi connectivity index (χ3n) is 4.37. The Balaban J connectivity index is 1.81. The third-order valence-corrected chi connectivity index (χ3v) is 4.37. The van der Waals surface area contributed by atoms with Crippen molar-refractivity contribution in [1.29, 1.82) is 0 Å². The molecule has 14 heavy (non-hydrogen) atoms. The van der Waals surface area contributed by atoms with Crippen LogP contribution in [0.3, 0.4) is 0 Å². The van der Waals surface area contributed by atoms with Crippen LogP contribution in [0.1, 0.15) is 44.9 Å². The van der Waals surface area contributed by atoms with Crippen molar-refractivity contribution in [3.63, 3.8) is 0 Å². The molecule has 2 aliphatic rings. The van der Waals surface area contributed by atoms with Gasteiger partial charge in [0.15, 0.2) is 0 Å². The highest BCUT2D eigenvalue weighted by atomic mass is 16.3. The molecule has 0 unspecified atom stereocenters. The first kappa shape index (κ1) is 10.4. The fraction of sp³-hybridized carbons (Fsp3) is 1.00. The summed E-state index contributed by atoms with van der Waals surface area (Å²) in [5.74, 6) is 0.820. The molecule has 1 saturated heterocycles. The molecule has 0 bridgehead atoms. The molecule has 2 rings (SSSR count). The molecule has 1 saturated carbocycles. The van der Waals surface area contributed by atoms with Crippen LogP contribution in [0.2, 0.25) is 0 Å². The van der Waals surface area contributed by atoms with Crippen LogP contribution in [-0.4, -0.2) is 24.8 Å². The fourth-order valence-corrected chi connectivity index (χ4v) is 3.22. The molecule has 0 aromatic heterocycles. The van der Waals surface area contributed by atoms with Crippen LogP contribution in [-0.2, 0) is 0 Å². The van der Waals surface area contributed by atoms with Gasteiger partial charge in [-0.05, 0) is 69.4 Å². The minimum atomic E-state index is 0.388. The van der Waals surface area contributed by atoms with E-state index in [0.717, 1.165) is 12.3 Å². The second-order valence-corrected chi connectivity index (χ2v) is 5.21. The molecular weight excluding hydrogens is 174 g/mol. The van der Waals surface area contributed by atoms with Gasteiger partial charge in [0.1, 0.15) is 0 Å². The van der Waals surface area contributed by atoms with Gasteiger partial charge in [-0.15, -0.1) is 0 Å². The average molecular weight is 197 g/mol. The minimum absolute atomic E-state index is 0.388. The molecule has 2 heteroatoms. The van der Waals surface area contributed by atoms with E-state index in [1.165, 1.54) is 51.6 Å². The number of aliphatic hydroxyl groups excluding tert-OH is 1. The number of piperidine rings is 1. The molecular formula is C12H23NO. The van der Waals surface area contributed by atoms with E-state index >= 15 is 0 Å². The lowest BCUT2D eigenvalue weighted by Crippen LogP contribution is -2.39. The summed E-state index contributed by atoms with van der Waals surface area (Å²) in [6.07, 6.45) is 9.37. The Morgan fingerprint density at radius 3 is 2.29 bits per heavy atom. The number of aliphatic hydroxyl groups is 1. The molecule has 1 heterocycles. The molecule has 1 aliphatic heterocycles. The molecule has 1 aliphatic carbocycles. The van der Waals surface area contributed by atoms with Gasteiger partial charge in [0.2, 0.25) is 0 Å². The molecule has 0 atom stereocenters. The lowest BCUT2D eigenvalue weighted by Gasteiger charge is -2.43. The standard InChI is InChI=1S/C12H23NO/c14-10-3-11-1-4-12(5-2-11)6-8-13-9-7-12/h11,13-14H,1-10H2. The van der Waals surface area contributed by atoms with Crippen LogP contribution >= 0.6 is 0 Å². The maximum Gasteiger partial charge on any atom is 0.0433 e. The molecule has 0 aromatic rings. The predicted octanol–water partition coefficient (Wildman–Crippen LogP) is 1.93. The largest absolute Gasteiger partial charge is 0.396 e. The maximum atomic E-state index is 8.91. The smallest absolute Gasteiger partial charge is 0.0433 e. The van der Waals surface area contributed by atoms with Gasteiger partial charge < -0.3 is 10.4 Å². The van der Waals surface area contributed by atoms with E-state index < -0.39 is 0 Å². The van der Waals surface area contributed by atoms with Gasteiger partial charge >= 0.3 is 0 Å². The summed E-state index contributed by atoms with van der Waals surface area (Å²) >= 11 is 0. The molecule has 2 nitrogen and oxygen atoms in total. The lowest BCUT2D eigenvalue weighted by atomic mass is 9.65. The Bertz CT molecular complexity index is 165. The summed E-state index contributed by atoms with van der Waals surface area (Å²) in [5.41, 5.74) is 0.692. The zero-order valence-electron chi connectivity index (χ0n) is 9.10. The first-order valence-corrected chi connectivity index (χ1v) is 6.16. The van der Waals surface area contributed by atoms with E-state index in [0.29, 0.717) is 12.0 Å². The van der Waals surface area contributed by atoms with Gasteiger partial charge in [-0.3, -0.25) is 0 Å². The number of hydrogen-bond acceptors (Lipinski definition) is 2. The molecule has 1 spiro atoms. The summed E-state index contributed by atoms with van der Waals surface area (Å²) in [6.45, 7) is 2.84. The highest BCUT2D eigenvalue weighted by molar-refractivity contribution is 4.89. The van der Waals surface area contributed by atoms with Crippen LogP contribution in [0, 0.1) is 11.3 Å². The Kier molecular flexibility index (Phi) is 3.45. The maximum absolute atomic E-state index is 8.91. The minimum Gasteiger partial charge on any atom is -0.396 e. The topological polar surface area (TPSA) is 32.3 Å². The van der Waals surface area contributed by atoms with Crippen molar-refractivity contribution in [2.24, 2.45) is 11.3 Å². The first-order chi connectivity index (χ1) is 6.85. The second-order valence-electron chi connectivity index (χ2n) is 5.21. The van der Waals surface area contributed by atoms with Gasteiger partial charge in [0.05, 0.1) is 0 Å². The van der Waals surface area contributed by atoms with E-state index in [2.05, 4.69) is 5.32 Å². The first-order valence-electron chi connectivity index (χ1n) is 6.16. The van der Waals surface area contributed by atoms with Gasteiger partial charge in [-0.1, -0.05) is 0 Å². The van der Waals surface area contributed by atoms with Crippen LogP contribution in [0.15, 0.2) is 0 Å². The number of hydrogen-bond donors (Lipinski definition) is 2. The zero-order chi connectivity index (χ0) is 9.86. The van der Waals surface area contributed by atoms with Crippen LogP contribution in [0.4, 0.5) is 0 Å². The molecule has 2 N–H and O–H groups in total. The van der Waals surface area contributed by atoms with E-state index in [1.54, 1.807) is 0 Å². The Morgan fingerprint density at radius 2 is 1.71 bits per heavy atom. The third kappa shape index (κ3) is 2.29. The zero-order valence-corrected chi connectivity index (χ0v) is 9.10. The van der Waals surface area contributed by atoms with Crippen LogP contribution < -0.4 is 5.32 Å². The summed E-state index contributed by atoms with van der Waals surface area (Å²) in [5, 5.41) is 12.4. The summed E-state index contributed by atoms with van der Waals surface area (Å²) < 4.78 is 0. The lowest BCUT2D eigenvalue weighted by molar-refractivity contribution is 0.0946. The van der Waals surface area contributed by atoms with Crippen LogP contribution in [0.25, 0.3) is 0 Å². The Labute approximate surface area is 87.1 Å². The van der Waals surface area contributed by atoms with Gasteiger partial charge in [0, 0.05) is 6.61 Å². The van der Waals surface area contributed by atoms with E-state index in [9.17, 15) is 0 Å². The van der Waals surface area contributed by atoms with Crippen molar-refractivity contribution < 1.29 is 5.11 Å². The van der Waals surface area contributed by atoms with E-state index in [1.807, 2.05) is 0 Å². The fourth-order valence-electron chi connectivity index (χ4n) is 3.22. The molecule has 0 amide bonds. The second kappa shape index (κ2) is 4.63. The number of rotatable bonds is 2. The van der Waals surface area contributed by atoms with Crippen LogP contribution in [0.5, 0.6) is 0 Å². The normalized spacial score (nSPS) is 28.1. The van der Waals surface area contributed by atoms with Crippen molar-refractivity contribution in [1.82, 2.24) is 5.32 Å². The highest BCUT2D eigenvalue weighted by Crippen LogP contribution is 2.45.